The Bertz CT molecular complexity index is 740. The van der Waals surface area contributed by atoms with Gasteiger partial charge in [-0.2, -0.15) is 0 Å². The van der Waals surface area contributed by atoms with Crippen molar-refractivity contribution in [1.82, 2.24) is 15.2 Å². The number of rotatable bonds is 3. The number of hydrogen-bond donors (Lipinski definition) is 2. The van der Waals surface area contributed by atoms with Gasteiger partial charge in [0.1, 0.15) is 5.69 Å². The lowest BCUT2D eigenvalue weighted by molar-refractivity contribution is 0.0748. The highest BCUT2D eigenvalue weighted by molar-refractivity contribution is 5.92. The molecular weight excluding hydrogens is 360 g/mol. The van der Waals surface area contributed by atoms with Crippen LogP contribution in [-0.4, -0.2) is 71.9 Å². The first-order valence-electron chi connectivity index (χ1n) is 9.77. The lowest BCUT2D eigenvalue weighted by atomic mass is 9.84. The summed E-state index contributed by atoms with van der Waals surface area (Å²) in [6.45, 7) is 10.9. The molecule has 1 aromatic heterocycles. The summed E-state index contributed by atoms with van der Waals surface area (Å²) in [7, 11) is 0. The minimum absolute atomic E-state index is 0.0472. The Kier molecular flexibility index (Phi) is 5.79. The SMILES string of the molecule is Cc1nc(C(=O)NC2CCOC2)ccc1N1CCN(C(=O)O)C(C(C)(C)C)C1. The molecule has 0 spiro atoms. The van der Waals surface area contributed by atoms with E-state index in [2.05, 4.69) is 36.0 Å². The number of carbonyl (C=O) groups excluding carboxylic acids is 1. The number of pyridine rings is 1. The number of piperazine rings is 1. The fourth-order valence-corrected chi connectivity index (χ4v) is 3.89. The molecule has 2 atom stereocenters. The third kappa shape index (κ3) is 4.38. The van der Waals surface area contributed by atoms with Crippen molar-refractivity contribution in [1.29, 1.82) is 0 Å². The molecule has 28 heavy (non-hydrogen) atoms. The van der Waals surface area contributed by atoms with Crippen LogP contribution in [0, 0.1) is 12.3 Å². The molecule has 0 radical (unpaired) electrons. The molecule has 3 heterocycles. The summed E-state index contributed by atoms with van der Waals surface area (Å²) in [4.78, 5) is 32.3. The highest BCUT2D eigenvalue weighted by Gasteiger charge is 2.38. The first-order chi connectivity index (χ1) is 13.2. The van der Waals surface area contributed by atoms with Gasteiger partial charge in [-0.1, -0.05) is 20.8 Å². The number of anilines is 1. The van der Waals surface area contributed by atoms with Crippen LogP contribution in [0.25, 0.3) is 0 Å². The zero-order chi connectivity index (χ0) is 20.5. The predicted molar refractivity (Wildman–Crippen MR) is 106 cm³/mol. The molecule has 0 bridgehead atoms. The fourth-order valence-electron chi connectivity index (χ4n) is 3.89. The number of nitrogens with zero attached hydrogens (tertiary/aromatic N) is 3. The molecule has 1 aromatic rings. The van der Waals surface area contributed by atoms with E-state index in [1.165, 1.54) is 4.90 Å². The van der Waals surface area contributed by atoms with E-state index in [0.29, 0.717) is 38.5 Å². The smallest absolute Gasteiger partial charge is 0.407 e. The van der Waals surface area contributed by atoms with E-state index < -0.39 is 6.09 Å². The van der Waals surface area contributed by atoms with Crippen molar-refractivity contribution >= 4 is 17.7 Å². The molecular formula is C20H30N4O4. The van der Waals surface area contributed by atoms with Gasteiger partial charge in [0.2, 0.25) is 0 Å². The van der Waals surface area contributed by atoms with Crippen LogP contribution in [0.2, 0.25) is 0 Å². The summed E-state index contributed by atoms with van der Waals surface area (Å²) < 4.78 is 5.29. The molecule has 8 heteroatoms. The van der Waals surface area contributed by atoms with Crippen LogP contribution in [0.5, 0.6) is 0 Å². The largest absolute Gasteiger partial charge is 0.465 e. The van der Waals surface area contributed by atoms with Gasteiger partial charge < -0.3 is 25.0 Å². The van der Waals surface area contributed by atoms with Crippen molar-refractivity contribution in [2.24, 2.45) is 5.41 Å². The normalized spacial score (nSPS) is 23.0. The Balaban J connectivity index is 1.74. The summed E-state index contributed by atoms with van der Waals surface area (Å²) in [5.41, 5.74) is 1.93. The first-order valence-corrected chi connectivity index (χ1v) is 9.77. The van der Waals surface area contributed by atoms with Gasteiger partial charge in [-0.25, -0.2) is 9.78 Å². The number of aromatic nitrogens is 1. The molecule has 0 aliphatic carbocycles. The Morgan fingerprint density at radius 1 is 1.29 bits per heavy atom. The maximum absolute atomic E-state index is 12.4. The second-order valence-corrected chi connectivity index (χ2v) is 8.64. The average molecular weight is 390 g/mol. The van der Waals surface area contributed by atoms with E-state index in [4.69, 9.17) is 4.74 Å². The molecule has 2 unspecified atom stereocenters. The highest BCUT2D eigenvalue weighted by Crippen LogP contribution is 2.31. The minimum atomic E-state index is -0.877. The Morgan fingerprint density at radius 3 is 2.61 bits per heavy atom. The van der Waals surface area contributed by atoms with Crippen LogP contribution in [0.4, 0.5) is 10.5 Å². The van der Waals surface area contributed by atoms with E-state index in [1.807, 2.05) is 13.0 Å². The molecule has 2 saturated heterocycles. The maximum atomic E-state index is 12.4. The van der Waals surface area contributed by atoms with E-state index in [1.54, 1.807) is 6.07 Å². The molecule has 2 aliphatic rings. The van der Waals surface area contributed by atoms with Crippen LogP contribution in [-0.2, 0) is 4.74 Å². The molecule has 2 aliphatic heterocycles. The number of carbonyl (C=O) groups is 2. The zero-order valence-electron chi connectivity index (χ0n) is 17.1. The third-order valence-electron chi connectivity index (χ3n) is 5.52. The van der Waals surface area contributed by atoms with Gasteiger partial charge >= 0.3 is 6.09 Å². The second kappa shape index (κ2) is 7.95. The van der Waals surface area contributed by atoms with Crippen LogP contribution < -0.4 is 10.2 Å². The molecule has 0 saturated carbocycles. The molecule has 2 fully saturated rings. The van der Waals surface area contributed by atoms with Gasteiger partial charge in [-0.15, -0.1) is 0 Å². The second-order valence-electron chi connectivity index (χ2n) is 8.64. The Hall–Kier alpha value is -2.35. The lowest BCUT2D eigenvalue weighted by Crippen LogP contribution is -2.59. The number of carboxylic acid groups (broad SMARTS) is 1. The Labute approximate surface area is 165 Å². The van der Waals surface area contributed by atoms with Gasteiger partial charge in [0, 0.05) is 26.2 Å². The summed E-state index contributed by atoms with van der Waals surface area (Å²) in [5, 5.41) is 12.5. The van der Waals surface area contributed by atoms with Crippen molar-refractivity contribution in [3.63, 3.8) is 0 Å². The summed E-state index contributed by atoms with van der Waals surface area (Å²) in [5.74, 6) is -0.187. The van der Waals surface area contributed by atoms with Gasteiger partial charge in [0.15, 0.2) is 0 Å². The number of amides is 2. The standard InChI is InChI=1S/C20H30N4O4/c1-13-16(6-5-15(21-13)18(25)22-14-7-10-28-12-14)23-8-9-24(19(26)27)17(11-23)20(2,3)4/h5-6,14,17H,7-12H2,1-4H3,(H,22,25)(H,26,27). The van der Waals surface area contributed by atoms with Crippen molar-refractivity contribution in [3.8, 4) is 0 Å². The quantitative estimate of drug-likeness (QED) is 0.821. The van der Waals surface area contributed by atoms with E-state index in [-0.39, 0.29) is 23.4 Å². The average Bonchev–Trinajstić information content (AvgIpc) is 3.13. The van der Waals surface area contributed by atoms with Crippen LogP contribution in [0.15, 0.2) is 12.1 Å². The van der Waals surface area contributed by atoms with Crippen LogP contribution in [0.1, 0.15) is 43.4 Å². The van der Waals surface area contributed by atoms with Crippen molar-refractivity contribution in [3.05, 3.63) is 23.5 Å². The maximum Gasteiger partial charge on any atom is 0.407 e. The molecule has 2 N–H and O–H groups in total. The van der Waals surface area contributed by atoms with Gasteiger partial charge in [-0.3, -0.25) is 4.79 Å². The third-order valence-corrected chi connectivity index (χ3v) is 5.52. The molecule has 3 rings (SSSR count). The van der Waals surface area contributed by atoms with Gasteiger partial charge in [0.05, 0.1) is 30.1 Å². The number of nitrogens with one attached hydrogen (secondary N) is 1. The summed E-state index contributed by atoms with van der Waals surface area (Å²) >= 11 is 0. The van der Waals surface area contributed by atoms with Gasteiger partial charge in [0.25, 0.3) is 5.91 Å². The van der Waals surface area contributed by atoms with Crippen molar-refractivity contribution in [2.75, 3.05) is 37.7 Å². The molecule has 8 nitrogen and oxygen atoms in total. The molecule has 0 aromatic carbocycles. The molecule has 2 amide bonds. The Morgan fingerprint density at radius 2 is 2.04 bits per heavy atom. The summed E-state index contributed by atoms with van der Waals surface area (Å²) in [6, 6.07) is 3.58. The van der Waals surface area contributed by atoms with Crippen molar-refractivity contribution < 1.29 is 19.4 Å². The van der Waals surface area contributed by atoms with E-state index in [9.17, 15) is 14.7 Å². The monoisotopic (exact) mass is 390 g/mol. The highest BCUT2D eigenvalue weighted by atomic mass is 16.5. The summed E-state index contributed by atoms with van der Waals surface area (Å²) in [6.07, 6.45) is -0.0532. The fraction of sp³-hybridized carbons (Fsp3) is 0.650. The minimum Gasteiger partial charge on any atom is -0.465 e. The number of hydrogen-bond acceptors (Lipinski definition) is 5. The van der Waals surface area contributed by atoms with Crippen LogP contribution >= 0.6 is 0 Å². The van der Waals surface area contributed by atoms with Crippen molar-refractivity contribution in [2.45, 2.75) is 46.2 Å². The number of aryl methyl sites for hydroxylation is 1. The van der Waals surface area contributed by atoms with E-state index in [0.717, 1.165) is 17.8 Å². The van der Waals surface area contributed by atoms with Gasteiger partial charge in [-0.05, 0) is 30.9 Å². The topological polar surface area (TPSA) is 95.0 Å². The lowest BCUT2D eigenvalue weighted by Gasteiger charge is -2.46. The van der Waals surface area contributed by atoms with Crippen LogP contribution in [0.3, 0.4) is 0 Å². The molecule has 154 valence electrons. The first kappa shape index (κ1) is 20.4. The predicted octanol–water partition coefficient (Wildman–Crippen LogP) is 2.12. The van der Waals surface area contributed by atoms with E-state index >= 15 is 0 Å². The zero-order valence-corrected chi connectivity index (χ0v) is 17.1. The number of ether oxygens (including phenoxy) is 1.